The Morgan fingerprint density at radius 1 is 1.03 bits per heavy atom. The van der Waals surface area contributed by atoms with Crippen LogP contribution in [0.25, 0.3) is 22.5 Å². The molecule has 0 spiro atoms. The summed E-state index contributed by atoms with van der Waals surface area (Å²) >= 11 is 1.47. The molecule has 3 heterocycles. The number of halogens is 1. The van der Waals surface area contributed by atoms with Gasteiger partial charge in [0, 0.05) is 23.5 Å². The van der Waals surface area contributed by atoms with Gasteiger partial charge in [-0.1, -0.05) is 17.8 Å². The van der Waals surface area contributed by atoms with Crippen molar-refractivity contribution in [1.29, 1.82) is 0 Å². The molecular formula is C21H16FN5OS. The molecule has 144 valence electrons. The fourth-order valence-corrected chi connectivity index (χ4v) is 3.19. The highest BCUT2D eigenvalue weighted by molar-refractivity contribution is 7.98. The van der Waals surface area contributed by atoms with Crippen molar-refractivity contribution in [1.82, 2.24) is 19.9 Å². The van der Waals surface area contributed by atoms with E-state index < -0.39 is 0 Å². The van der Waals surface area contributed by atoms with Crippen LogP contribution in [0.1, 0.15) is 10.5 Å². The zero-order valence-electron chi connectivity index (χ0n) is 15.4. The number of rotatable bonds is 5. The third kappa shape index (κ3) is 4.17. The molecule has 0 atom stereocenters. The van der Waals surface area contributed by atoms with Gasteiger partial charge in [0.05, 0.1) is 11.4 Å². The Balaban J connectivity index is 1.69. The van der Waals surface area contributed by atoms with Crippen LogP contribution in [0, 0.1) is 5.82 Å². The summed E-state index contributed by atoms with van der Waals surface area (Å²) in [6.45, 7) is 0. The summed E-state index contributed by atoms with van der Waals surface area (Å²) in [5.41, 5.74) is 3.34. The number of imidazole rings is 1. The molecule has 2 N–H and O–H groups in total. The van der Waals surface area contributed by atoms with Gasteiger partial charge in [0.2, 0.25) is 0 Å². The molecule has 1 amide bonds. The predicted octanol–water partition coefficient (Wildman–Crippen LogP) is 4.65. The summed E-state index contributed by atoms with van der Waals surface area (Å²) in [5.74, 6) is -0.263. The van der Waals surface area contributed by atoms with Gasteiger partial charge >= 0.3 is 0 Å². The first kappa shape index (κ1) is 18.8. The van der Waals surface area contributed by atoms with Gasteiger partial charge < -0.3 is 10.3 Å². The zero-order chi connectivity index (χ0) is 20.2. The van der Waals surface area contributed by atoms with E-state index in [2.05, 4.69) is 25.3 Å². The van der Waals surface area contributed by atoms with Crippen molar-refractivity contribution in [2.24, 2.45) is 0 Å². The number of hydrogen-bond acceptors (Lipinski definition) is 5. The Hall–Kier alpha value is -3.52. The summed E-state index contributed by atoms with van der Waals surface area (Å²) < 4.78 is 13.3. The van der Waals surface area contributed by atoms with E-state index >= 15 is 0 Å². The van der Waals surface area contributed by atoms with Gasteiger partial charge in [-0.25, -0.2) is 14.4 Å². The van der Waals surface area contributed by atoms with Gasteiger partial charge in [0.25, 0.3) is 5.91 Å². The molecule has 0 bridgehead atoms. The van der Waals surface area contributed by atoms with Gasteiger partial charge in [0.15, 0.2) is 5.16 Å². The van der Waals surface area contributed by atoms with Gasteiger partial charge in [-0.15, -0.1) is 0 Å². The van der Waals surface area contributed by atoms with Crippen LogP contribution in [0.15, 0.2) is 72.1 Å². The molecular weight excluding hydrogens is 389 g/mol. The molecule has 8 heteroatoms. The molecule has 4 rings (SSSR count). The lowest BCUT2D eigenvalue weighted by Gasteiger charge is -2.07. The minimum Gasteiger partial charge on any atom is -0.332 e. The van der Waals surface area contributed by atoms with Crippen molar-refractivity contribution in [2.75, 3.05) is 11.6 Å². The summed E-state index contributed by atoms with van der Waals surface area (Å²) in [6.07, 6.45) is 5.08. The van der Waals surface area contributed by atoms with Crippen LogP contribution in [-0.2, 0) is 0 Å². The van der Waals surface area contributed by atoms with Gasteiger partial charge in [-0.2, -0.15) is 0 Å². The van der Waals surface area contributed by atoms with Crippen LogP contribution in [0.4, 0.5) is 10.2 Å². The molecule has 0 aliphatic rings. The third-order valence-corrected chi connectivity index (χ3v) is 4.76. The van der Waals surface area contributed by atoms with Crippen molar-refractivity contribution in [2.45, 2.75) is 5.16 Å². The van der Waals surface area contributed by atoms with Crippen LogP contribution in [0.3, 0.4) is 0 Å². The first-order valence-corrected chi connectivity index (χ1v) is 9.95. The number of hydrogen-bond donors (Lipinski definition) is 2. The third-order valence-electron chi connectivity index (χ3n) is 4.18. The number of anilines is 1. The molecule has 6 nitrogen and oxygen atoms in total. The van der Waals surface area contributed by atoms with Gasteiger partial charge in [-0.05, 0) is 54.8 Å². The highest BCUT2D eigenvalue weighted by atomic mass is 32.2. The first-order chi connectivity index (χ1) is 14.1. The number of benzene rings is 1. The smallest absolute Gasteiger partial charge is 0.275 e. The van der Waals surface area contributed by atoms with Crippen LogP contribution < -0.4 is 5.32 Å². The van der Waals surface area contributed by atoms with E-state index in [-0.39, 0.29) is 11.7 Å². The molecule has 3 aromatic heterocycles. The van der Waals surface area contributed by atoms with E-state index in [9.17, 15) is 9.18 Å². The number of nitrogens with zero attached hydrogens (tertiary/aromatic N) is 3. The predicted molar refractivity (Wildman–Crippen MR) is 111 cm³/mol. The standard InChI is InChI=1S/C21H16FN5OS/c1-29-21-26-18(13-5-7-15(22)8-6-13)19(27-21)14-9-11-24-17(12-14)25-20(28)16-4-2-3-10-23-16/h2-12H,1H3,(H,26,27)(H,24,25,28). The summed E-state index contributed by atoms with van der Waals surface area (Å²) in [5, 5.41) is 3.48. The number of amides is 1. The van der Waals surface area contributed by atoms with Crippen molar-refractivity contribution >= 4 is 23.5 Å². The Bertz CT molecular complexity index is 1150. The molecule has 0 fully saturated rings. The minimum atomic E-state index is -0.346. The van der Waals surface area contributed by atoms with Crippen LogP contribution in [-0.4, -0.2) is 32.1 Å². The molecule has 1 aromatic carbocycles. The minimum absolute atomic E-state index is 0.302. The van der Waals surface area contributed by atoms with E-state index in [0.29, 0.717) is 17.2 Å². The van der Waals surface area contributed by atoms with E-state index in [1.807, 2.05) is 12.3 Å². The van der Waals surface area contributed by atoms with Crippen molar-refractivity contribution in [3.8, 4) is 22.5 Å². The highest BCUT2D eigenvalue weighted by Gasteiger charge is 2.16. The quantitative estimate of drug-likeness (QED) is 0.472. The Labute approximate surface area is 170 Å². The lowest BCUT2D eigenvalue weighted by atomic mass is 10.1. The fraction of sp³-hybridized carbons (Fsp3) is 0.0476. The number of carbonyl (C=O) groups excluding carboxylic acids is 1. The van der Waals surface area contributed by atoms with Crippen LogP contribution in [0.2, 0.25) is 0 Å². The summed E-state index contributed by atoms with van der Waals surface area (Å²) in [4.78, 5) is 28.5. The Morgan fingerprint density at radius 2 is 1.86 bits per heavy atom. The van der Waals surface area contributed by atoms with Crippen molar-refractivity contribution in [3.63, 3.8) is 0 Å². The van der Waals surface area contributed by atoms with E-state index in [4.69, 9.17) is 0 Å². The highest BCUT2D eigenvalue weighted by Crippen LogP contribution is 2.33. The second kappa shape index (κ2) is 8.24. The number of aromatic nitrogens is 4. The Morgan fingerprint density at radius 3 is 2.59 bits per heavy atom. The number of H-pyrrole nitrogens is 1. The number of nitrogens with one attached hydrogen (secondary N) is 2. The summed E-state index contributed by atoms with van der Waals surface area (Å²) in [7, 11) is 0. The summed E-state index contributed by atoms with van der Waals surface area (Å²) in [6, 6.07) is 14.9. The second-order valence-electron chi connectivity index (χ2n) is 6.08. The lowest BCUT2D eigenvalue weighted by molar-refractivity contribution is 0.102. The number of aromatic amines is 1. The monoisotopic (exact) mass is 405 g/mol. The van der Waals surface area contributed by atoms with E-state index in [0.717, 1.165) is 22.0 Å². The first-order valence-electron chi connectivity index (χ1n) is 8.73. The van der Waals surface area contributed by atoms with Crippen molar-refractivity contribution < 1.29 is 9.18 Å². The Kier molecular flexibility index (Phi) is 5.35. The van der Waals surface area contributed by atoms with Crippen LogP contribution in [0.5, 0.6) is 0 Å². The largest absolute Gasteiger partial charge is 0.332 e. The normalized spacial score (nSPS) is 10.7. The molecule has 29 heavy (non-hydrogen) atoms. The van der Waals surface area contributed by atoms with Gasteiger partial charge in [0.1, 0.15) is 17.3 Å². The molecule has 4 aromatic rings. The van der Waals surface area contributed by atoms with E-state index in [1.54, 1.807) is 48.8 Å². The zero-order valence-corrected chi connectivity index (χ0v) is 16.2. The topological polar surface area (TPSA) is 83.6 Å². The molecule has 0 saturated carbocycles. The number of thioether (sulfide) groups is 1. The van der Waals surface area contributed by atoms with Crippen LogP contribution >= 0.6 is 11.8 Å². The number of pyridine rings is 2. The maximum Gasteiger partial charge on any atom is 0.275 e. The lowest BCUT2D eigenvalue weighted by Crippen LogP contribution is -2.14. The second-order valence-corrected chi connectivity index (χ2v) is 6.87. The number of carbonyl (C=O) groups is 1. The average molecular weight is 405 g/mol. The van der Waals surface area contributed by atoms with Crippen molar-refractivity contribution in [3.05, 3.63) is 78.5 Å². The fourth-order valence-electron chi connectivity index (χ4n) is 2.81. The maximum atomic E-state index is 13.3. The SMILES string of the molecule is CSc1nc(-c2ccnc(NC(=O)c3ccccn3)c2)c(-c2ccc(F)cc2)[nH]1. The van der Waals surface area contributed by atoms with Gasteiger partial charge in [-0.3, -0.25) is 9.78 Å². The molecule has 0 aliphatic heterocycles. The molecule has 0 unspecified atom stereocenters. The molecule has 0 aliphatic carbocycles. The molecule has 0 radical (unpaired) electrons. The average Bonchev–Trinajstić information content (AvgIpc) is 3.20. The van der Waals surface area contributed by atoms with E-state index in [1.165, 1.54) is 23.9 Å². The molecule has 0 saturated heterocycles. The maximum absolute atomic E-state index is 13.3.